The Kier molecular flexibility index (Phi) is 3.76. The fourth-order valence-electron chi connectivity index (χ4n) is 3.63. The van der Waals surface area contributed by atoms with Crippen molar-refractivity contribution in [3.05, 3.63) is 34.9 Å². The molecule has 3 rings (SSSR count). The maximum atomic E-state index is 12.5. The molecule has 2 atom stereocenters. The maximum absolute atomic E-state index is 12.5. The zero-order chi connectivity index (χ0) is 15.1. The number of nitrogens with zero attached hydrogens (tertiary/aromatic N) is 2. The van der Waals surface area contributed by atoms with Gasteiger partial charge in [0.15, 0.2) is 0 Å². The normalized spacial score (nSPS) is 26.0. The van der Waals surface area contributed by atoms with Gasteiger partial charge in [0.25, 0.3) is 5.91 Å². The van der Waals surface area contributed by atoms with E-state index in [9.17, 15) is 4.79 Å². The highest BCUT2D eigenvalue weighted by molar-refractivity contribution is 5.98. The van der Waals surface area contributed by atoms with Crippen LogP contribution in [0.4, 0.5) is 0 Å². The van der Waals surface area contributed by atoms with E-state index in [0.29, 0.717) is 12.0 Å². The molecule has 2 heterocycles. The van der Waals surface area contributed by atoms with E-state index in [2.05, 4.69) is 44.0 Å². The molecule has 0 saturated carbocycles. The molecule has 2 aliphatic rings. The third-order valence-electron chi connectivity index (χ3n) is 4.94. The van der Waals surface area contributed by atoms with Crippen molar-refractivity contribution in [3.8, 4) is 0 Å². The minimum Gasteiger partial charge on any atom is -0.332 e. The van der Waals surface area contributed by atoms with Crippen LogP contribution in [0.1, 0.15) is 47.8 Å². The lowest BCUT2D eigenvalue weighted by Gasteiger charge is -2.20. The molecule has 114 valence electrons. The molecule has 0 spiro atoms. The van der Waals surface area contributed by atoms with Crippen molar-refractivity contribution in [1.82, 2.24) is 9.80 Å². The van der Waals surface area contributed by atoms with Crippen LogP contribution in [-0.4, -0.2) is 41.9 Å². The Morgan fingerprint density at radius 2 is 2.14 bits per heavy atom. The highest BCUT2D eigenvalue weighted by Crippen LogP contribution is 2.36. The predicted molar refractivity (Wildman–Crippen MR) is 84.0 cm³/mol. The van der Waals surface area contributed by atoms with Crippen LogP contribution >= 0.6 is 0 Å². The van der Waals surface area contributed by atoms with Crippen molar-refractivity contribution in [2.24, 2.45) is 11.7 Å². The van der Waals surface area contributed by atoms with Crippen molar-refractivity contribution in [1.29, 1.82) is 0 Å². The summed E-state index contributed by atoms with van der Waals surface area (Å²) in [7, 11) is 2.15. The van der Waals surface area contributed by atoms with E-state index in [1.165, 1.54) is 5.56 Å². The molecule has 2 aliphatic heterocycles. The van der Waals surface area contributed by atoms with Crippen LogP contribution in [0.5, 0.6) is 0 Å². The Morgan fingerprint density at radius 3 is 2.76 bits per heavy atom. The molecule has 0 aliphatic carbocycles. The highest BCUT2D eigenvalue weighted by Gasteiger charge is 2.33. The summed E-state index contributed by atoms with van der Waals surface area (Å²) < 4.78 is 0. The number of hydrogen-bond donors (Lipinski definition) is 1. The van der Waals surface area contributed by atoms with Crippen LogP contribution < -0.4 is 5.73 Å². The molecule has 1 saturated heterocycles. The van der Waals surface area contributed by atoms with E-state index < -0.39 is 0 Å². The molecule has 0 aromatic heterocycles. The Labute approximate surface area is 126 Å². The number of fused-ring (bicyclic) bond motifs is 1. The van der Waals surface area contributed by atoms with Crippen molar-refractivity contribution in [2.75, 3.05) is 20.1 Å². The first-order valence-corrected chi connectivity index (χ1v) is 7.85. The number of rotatable bonds is 3. The molecule has 1 aromatic carbocycles. The van der Waals surface area contributed by atoms with Gasteiger partial charge >= 0.3 is 0 Å². The first-order valence-electron chi connectivity index (χ1n) is 7.85. The lowest BCUT2D eigenvalue weighted by molar-refractivity contribution is 0.0730. The van der Waals surface area contributed by atoms with E-state index in [-0.39, 0.29) is 11.9 Å². The molecule has 4 heteroatoms. The topological polar surface area (TPSA) is 49.6 Å². The molecular weight excluding hydrogens is 262 g/mol. The SMILES string of the molecule is CC(C)N1Cc2ccc(C3CC(CN)CN3C)cc2C1=O. The molecule has 1 amide bonds. The smallest absolute Gasteiger partial charge is 0.254 e. The Hall–Kier alpha value is -1.39. The van der Waals surface area contributed by atoms with Gasteiger partial charge in [0.05, 0.1) is 0 Å². The summed E-state index contributed by atoms with van der Waals surface area (Å²) in [6.07, 6.45) is 1.09. The molecule has 0 radical (unpaired) electrons. The largest absolute Gasteiger partial charge is 0.332 e. The van der Waals surface area contributed by atoms with Crippen molar-refractivity contribution in [2.45, 2.75) is 38.9 Å². The molecule has 2 N–H and O–H groups in total. The number of carbonyl (C=O) groups excluding carboxylic acids is 1. The van der Waals surface area contributed by atoms with Gasteiger partial charge in [-0.05, 0) is 57.0 Å². The van der Waals surface area contributed by atoms with Crippen molar-refractivity contribution in [3.63, 3.8) is 0 Å². The van der Waals surface area contributed by atoms with E-state index in [1.807, 2.05) is 4.90 Å². The quantitative estimate of drug-likeness (QED) is 0.925. The molecule has 0 bridgehead atoms. The van der Waals surface area contributed by atoms with Crippen molar-refractivity contribution >= 4 is 5.91 Å². The van der Waals surface area contributed by atoms with E-state index >= 15 is 0 Å². The van der Waals surface area contributed by atoms with E-state index in [1.54, 1.807) is 0 Å². The van der Waals surface area contributed by atoms with Gasteiger partial charge in [0.2, 0.25) is 0 Å². The lowest BCUT2D eigenvalue weighted by Crippen LogP contribution is -2.30. The summed E-state index contributed by atoms with van der Waals surface area (Å²) in [5.74, 6) is 0.744. The second kappa shape index (κ2) is 5.43. The number of hydrogen-bond acceptors (Lipinski definition) is 3. The Morgan fingerprint density at radius 1 is 1.38 bits per heavy atom. The second-order valence-corrected chi connectivity index (χ2v) is 6.74. The minimum absolute atomic E-state index is 0.179. The van der Waals surface area contributed by atoms with Crippen LogP contribution in [-0.2, 0) is 6.54 Å². The first-order chi connectivity index (χ1) is 10.0. The molecular formula is C17H25N3O. The molecule has 1 fully saturated rings. The van der Waals surface area contributed by atoms with E-state index in [4.69, 9.17) is 5.73 Å². The number of carbonyl (C=O) groups is 1. The van der Waals surface area contributed by atoms with Crippen LogP contribution in [0.2, 0.25) is 0 Å². The fraction of sp³-hybridized carbons (Fsp3) is 0.588. The van der Waals surface area contributed by atoms with Gasteiger partial charge in [-0.15, -0.1) is 0 Å². The summed E-state index contributed by atoms with van der Waals surface area (Å²) in [5.41, 5.74) is 9.12. The third-order valence-corrected chi connectivity index (χ3v) is 4.94. The maximum Gasteiger partial charge on any atom is 0.254 e. The molecule has 1 aromatic rings. The fourth-order valence-corrected chi connectivity index (χ4v) is 3.63. The monoisotopic (exact) mass is 287 g/mol. The van der Waals surface area contributed by atoms with E-state index in [0.717, 1.165) is 37.2 Å². The molecule has 2 unspecified atom stereocenters. The van der Waals surface area contributed by atoms with Gasteiger partial charge in [0.1, 0.15) is 0 Å². The standard InChI is InChI=1S/C17H25N3O/c1-11(2)20-10-14-5-4-13(7-15(14)17(20)21)16-6-12(8-18)9-19(16)3/h4-5,7,11-12,16H,6,8-10,18H2,1-3H3. The first kappa shape index (κ1) is 14.5. The highest BCUT2D eigenvalue weighted by atomic mass is 16.2. The van der Waals surface area contributed by atoms with Gasteiger partial charge in [-0.2, -0.15) is 0 Å². The Bertz CT molecular complexity index is 555. The number of nitrogens with two attached hydrogens (primary N) is 1. The third kappa shape index (κ3) is 2.47. The van der Waals surface area contributed by atoms with Gasteiger partial charge in [-0.1, -0.05) is 12.1 Å². The average Bonchev–Trinajstić information content (AvgIpc) is 2.99. The van der Waals surface area contributed by atoms with Crippen molar-refractivity contribution < 1.29 is 4.79 Å². The zero-order valence-corrected chi connectivity index (χ0v) is 13.2. The predicted octanol–water partition coefficient (Wildman–Crippen LogP) is 2.00. The van der Waals surface area contributed by atoms with Crippen LogP contribution in [0.3, 0.4) is 0 Å². The average molecular weight is 287 g/mol. The number of amides is 1. The Balaban J connectivity index is 1.87. The van der Waals surface area contributed by atoms with Gasteiger partial charge in [-0.3, -0.25) is 9.69 Å². The van der Waals surface area contributed by atoms with Gasteiger partial charge < -0.3 is 10.6 Å². The van der Waals surface area contributed by atoms with Gasteiger partial charge in [0, 0.05) is 30.7 Å². The number of likely N-dealkylation sites (tertiary alicyclic amines) is 1. The van der Waals surface area contributed by atoms with Crippen LogP contribution in [0.25, 0.3) is 0 Å². The number of benzene rings is 1. The summed E-state index contributed by atoms with van der Waals surface area (Å²) >= 11 is 0. The summed E-state index contributed by atoms with van der Waals surface area (Å²) in [4.78, 5) is 16.8. The minimum atomic E-state index is 0.179. The van der Waals surface area contributed by atoms with Gasteiger partial charge in [-0.25, -0.2) is 0 Å². The lowest BCUT2D eigenvalue weighted by atomic mass is 9.97. The summed E-state index contributed by atoms with van der Waals surface area (Å²) in [6, 6.07) is 7.08. The van der Waals surface area contributed by atoms with Crippen LogP contribution in [0.15, 0.2) is 18.2 Å². The second-order valence-electron chi connectivity index (χ2n) is 6.74. The molecule has 21 heavy (non-hydrogen) atoms. The summed E-state index contributed by atoms with van der Waals surface area (Å²) in [6.45, 7) is 6.68. The zero-order valence-electron chi connectivity index (χ0n) is 13.2. The van der Waals surface area contributed by atoms with Crippen LogP contribution in [0, 0.1) is 5.92 Å². The summed E-state index contributed by atoms with van der Waals surface area (Å²) in [5, 5.41) is 0. The molecule has 4 nitrogen and oxygen atoms in total.